The van der Waals surface area contributed by atoms with Crippen molar-refractivity contribution in [1.82, 2.24) is 4.98 Å². The minimum absolute atomic E-state index is 0.112. The Kier molecular flexibility index (Phi) is 3.46. The number of nitrogens with one attached hydrogen (secondary N) is 1. The van der Waals surface area contributed by atoms with Gasteiger partial charge in [0.1, 0.15) is 5.69 Å². The lowest BCUT2D eigenvalue weighted by molar-refractivity contribution is 0.0569. The van der Waals surface area contributed by atoms with Crippen LogP contribution < -0.4 is 11.1 Å². The van der Waals surface area contributed by atoms with E-state index in [1.807, 2.05) is 12.1 Å². The number of aryl methyl sites for hydroxylation is 1. The van der Waals surface area contributed by atoms with Gasteiger partial charge in [0, 0.05) is 23.3 Å². The minimum atomic E-state index is -0.531. The molecule has 4 rings (SSSR count). The number of carbonyl (C=O) groups excluding carboxylic acids is 1. The average Bonchev–Trinajstić information content (AvgIpc) is 3.16. The van der Waals surface area contributed by atoms with Gasteiger partial charge in [0.2, 0.25) is 5.76 Å². The van der Waals surface area contributed by atoms with Crippen molar-refractivity contribution in [2.24, 2.45) is 5.73 Å². The number of carbonyl (C=O) groups is 1. The van der Waals surface area contributed by atoms with Gasteiger partial charge < -0.3 is 20.2 Å². The van der Waals surface area contributed by atoms with Gasteiger partial charge in [0.15, 0.2) is 5.58 Å². The molecule has 2 aromatic heterocycles. The summed E-state index contributed by atoms with van der Waals surface area (Å²) in [5, 5.41) is 4.07. The summed E-state index contributed by atoms with van der Waals surface area (Å²) >= 11 is 0. The van der Waals surface area contributed by atoms with Crippen LogP contribution in [0.2, 0.25) is 0 Å². The highest BCUT2D eigenvalue weighted by molar-refractivity contribution is 6.05. The molecule has 1 atom stereocenters. The van der Waals surface area contributed by atoms with Crippen molar-refractivity contribution >= 4 is 28.3 Å². The maximum Gasteiger partial charge on any atom is 0.376 e. The number of benzene rings is 1. The Morgan fingerprint density at radius 1 is 1.42 bits per heavy atom. The molecule has 1 aliphatic carbocycles. The van der Waals surface area contributed by atoms with Gasteiger partial charge in [-0.2, -0.15) is 0 Å². The molecule has 0 aliphatic heterocycles. The summed E-state index contributed by atoms with van der Waals surface area (Å²) in [6, 6.07) is 7.99. The highest BCUT2D eigenvalue weighted by Crippen LogP contribution is 2.36. The number of furan rings is 1. The number of esters is 1. The van der Waals surface area contributed by atoms with Crippen molar-refractivity contribution in [3.05, 3.63) is 53.5 Å². The summed E-state index contributed by atoms with van der Waals surface area (Å²) in [4.78, 5) is 16.1. The van der Waals surface area contributed by atoms with Gasteiger partial charge in [0.25, 0.3) is 0 Å². The second kappa shape index (κ2) is 5.65. The normalized spacial score (nSPS) is 16.2. The summed E-state index contributed by atoms with van der Waals surface area (Å²) in [6.45, 7) is 0. The maximum absolute atomic E-state index is 12.0. The second-order valence-electron chi connectivity index (χ2n) is 5.85. The SMILES string of the molecule is COC(=O)c1oc2cnccc2c1Nc1ccc2c(c1)CCC2N. The molecule has 1 aliphatic rings. The molecule has 24 heavy (non-hydrogen) atoms. The third-order valence-electron chi connectivity index (χ3n) is 4.40. The molecule has 0 saturated heterocycles. The van der Waals surface area contributed by atoms with Crippen LogP contribution >= 0.6 is 0 Å². The van der Waals surface area contributed by atoms with E-state index in [2.05, 4.69) is 16.4 Å². The Balaban J connectivity index is 1.78. The Labute approximate surface area is 138 Å². The number of methoxy groups -OCH3 is 1. The molecule has 1 unspecified atom stereocenters. The molecular weight excluding hydrogens is 306 g/mol. The second-order valence-corrected chi connectivity index (χ2v) is 5.85. The van der Waals surface area contributed by atoms with E-state index in [9.17, 15) is 4.79 Å². The largest absolute Gasteiger partial charge is 0.463 e. The molecule has 3 aromatic rings. The lowest BCUT2D eigenvalue weighted by Gasteiger charge is -2.10. The van der Waals surface area contributed by atoms with E-state index in [0.29, 0.717) is 11.3 Å². The summed E-state index contributed by atoms with van der Waals surface area (Å²) in [6.07, 6.45) is 5.17. The first-order valence-electron chi connectivity index (χ1n) is 7.77. The summed E-state index contributed by atoms with van der Waals surface area (Å²) in [5.41, 5.74) is 10.5. The van der Waals surface area contributed by atoms with Gasteiger partial charge in [0.05, 0.1) is 13.3 Å². The number of ether oxygens (including phenoxy) is 1. The Morgan fingerprint density at radius 2 is 2.29 bits per heavy atom. The van der Waals surface area contributed by atoms with Crippen LogP contribution in [0.3, 0.4) is 0 Å². The fraction of sp³-hybridized carbons (Fsp3) is 0.222. The van der Waals surface area contributed by atoms with Gasteiger partial charge in [-0.15, -0.1) is 0 Å². The minimum Gasteiger partial charge on any atom is -0.463 e. The first-order chi connectivity index (χ1) is 11.7. The molecule has 0 spiro atoms. The van der Waals surface area contributed by atoms with Crippen LogP contribution in [0, 0.1) is 0 Å². The standard InChI is InChI=1S/C18H17N3O3/c1-23-18(22)17-16(13-6-7-20-9-15(13)24-17)21-11-3-4-12-10(8-11)2-5-14(12)19/h3-4,6-9,14,21H,2,5,19H2,1H3. The fourth-order valence-corrected chi connectivity index (χ4v) is 3.18. The molecule has 6 heteroatoms. The Bertz CT molecular complexity index is 932. The number of hydrogen-bond acceptors (Lipinski definition) is 6. The third kappa shape index (κ3) is 2.32. The van der Waals surface area contributed by atoms with Gasteiger partial charge >= 0.3 is 5.97 Å². The van der Waals surface area contributed by atoms with Crippen LogP contribution in [0.25, 0.3) is 11.0 Å². The average molecular weight is 323 g/mol. The predicted octanol–water partition coefficient (Wildman–Crippen LogP) is 3.30. The molecule has 0 bridgehead atoms. The van der Waals surface area contributed by atoms with E-state index in [1.165, 1.54) is 18.2 Å². The molecule has 3 N–H and O–H groups in total. The number of pyridine rings is 1. The molecule has 2 heterocycles. The Morgan fingerprint density at radius 3 is 3.12 bits per heavy atom. The molecule has 0 saturated carbocycles. The molecular formula is C18H17N3O3. The Hall–Kier alpha value is -2.86. The van der Waals surface area contributed by atoms with Crippen molar-refractivity contribution in [1.29, 1.82) is 0 Å². The number of fused-ring (bicyclic) bond motifs is 2. The fourth-order valence-electron chi connectivity index (χ4n) is 3.18. The molecule has 0 radical (unpaired) electrons. The molecule has 6 nitrogen and oxygen atoms in total. The van der Waals surface area contributed by atoms with Crippen molar-refractivity contribution in [3.63, 3.8) is 0 Å². The lowest BCUT2D eigenvalue weighted by Crippen LogP contribution is -2.05. The number of nitrogens with zero attached hydrogens (tertiary/aromatic N) is 1. The van der Waals surface area contributed by atoms with Gasteiger partial charge in [-0.1, -0.05) is 6.07 Å². The van der Waals surface area contributed by atoms with E-state index in [-0.39, 0.29) is 11.8 Å². The van der Waals surface area contributed by atoms with Crippen molar-refractivity contribution in [3.8, 4) is 0 Å². The summed E-state index contributed by atoms with van der Waals surface area (Å²) < 4.78 is 10.4. The van der Waals surface area contributed by atoms with E-state index in [4.69, 9.17) is 14.9 Å². The van der Waals surface area contributed by atoms with Gasteiger partial charge in [-0.05, 0) is 42.2 Å². The van der Waals surface area contributed by atoms with E-state index < -0.39 is 5.97 Å². The zero-order valence-corrected chi connectivity index (χ0v) is 13.2. The smallest absolute Gasteiger partial charge is 0.376 e. The first kappa shape index (κ1) is 14.7. The molecule has 0 amide bonds. The van der Waals surface area contributed by atoms with Crippen LogP contribution in [-0.2, 0) is 11.2 Å². The number of nitrogens with two attached hydrogens (primary N) is 1. The number of hydrogen-bond donors (Lipinski definition) is 2. The predicted molar refractivity (Wildman–Crippen MR) is 90.3 cm³/mol. The van der Waals surface area contributed by atoms with Crippen LogP contribution in [0.4, 0.5) is 11.4 Å². The number of anilines is 2. The van der Waals surface area contributed by atoms with Crippen molar-refractivity contribution in [2.45, 2.75) is 18.9 Å². The van der Waals surface area contributed by atoms with Crippen molar-refractivity contribution in [2.75, 3.05) is 12.4 Å². The van der Waals surface area contributed by atoms with Crippen molar-refractivity contribution < 1.29 is 13.9 Å². The van der Waals surface area contributed by atoms with E-state index in [1.54, 1.807) is 18.5 Å². The lowest BCUT2D eigenvalue weighted by atomic mass is 10.1. The number of rotatable bonds is 3. The molecule has 0 fully saturated rings. The quantitative estimate of drug-likeness (QED) is 0.719. The van der Waals surface area contributed by atoms with E-state index >= 15 is 0 Å². The zero-order chi connectivity index (χ0) is 16.7. The molecule has 1 aromatic carbocycles. The number of aromatic nitrogens is 1. The van der Waals surface area contributed by atoms with Crippen LogP contribution in [0.1, 0.15) is 34.1 Å². The highest BCUT2D eigenvalue weighted by atomic mass is 16.5. The highest BCUT2D eigenvalue weighted by Gasteiger charge is 2.23. The van der Waals surface area contributed by atoms with Gasteiger partial charge in [-0.3, -0.25) is 4.98 Å². The third-order valence-corrected chi connectivity index (χ3v) is 4.40. The summed E-state index contributed by atoms with van der Waals surface area (Å²) in [5.74, 6) is -0.394. The summed E-state index contributed by atoms with van der Waals surface area (Å²) in [7, 11) is 1.33. The van der Waals surface area contributed by atoms with Crippen LogP contribution in [0.5, 0.6) is 0 Å². The van der Waals surface area contributed by atoms with Gasteiger partial charge in [-0.25, -0.2) is 4.79 Å². The maximum atomic E-state index is 12.0. The monoisotopic (exact) mass is 323 g/mol. The van der Waals surface area contributed by atoms with Crippen LogP contribution in [0.15, 0.2) is 41.1 Å². The zero-order valence-electron chi connectivity index (χ0n) is 13.2. The molecule has 122 valence electrons. The van der Waals surface area contributed by atoms with E-state index in [0.717, 1.165) is 23.9 Å². The topological polar surface area (TPSA) is 90.4 Å². The first-order valence-corrected chi connectivity index (χ1v) is 7.77. The van der Waals surface area contributed by atoms with Crippen LogP contribution in [-0.4, -0.2) is 18.1 Å².